The molecule has 0 aromatic carbocycles. The molecule has 0 radical (unpaired) electrons. The number of guanidine groups is 1. The third-order valence-corrected chi connectivity index (χ3v) is 5.12. The van der Waals surface area contributed by atoms with Gasteiger partial charge in [-0.25, -0.2) is 0 Å². The van der Waals surface area contributed by atoms with Gasteiger partial charge in [0.2, 0.25) is 0 Å². The average molecular weight is 452 g/mol. The maximum atomic E-state index is 5.21. The number of aliphatic imine (C=N–C) groups is 1. The zero-order valence-corrected chi connectivity index (χ0v) is 17.9. The number of rotatable bonds is 11. The molecule has 2 fully saturated rings. The second-order valence-corrected chi connectivity index (χ2v) is 6.98. The van der Waals surface area contributed by atoms with Gasteiger partial charge in [0.1, 0.15) is 0 Å². The minimum atomic E-state index is 0. The maximum absolute atomic E-state index is 5.21. The van der Waals surface area contributed by atoms with Crippen molar-refractivity contribution in [2.24, 2.45) is 10.9 Å². The van der Waals surface area contributed by atoms with Gasteiger partial charge in [0.25, 0.3) is 0 Å². The van der Waals surface area contributed by atoms with Gasteiger partial charge in [-0.3, -0.25) is 9.89 Å². The van der Waals surface area contributed by atoms with Crippen molar-refractivity contribution in [3.63, 3.8) is 0 Å². The van der Waals surface area contributed by atoms with E-state index in [9.17, 15) is 0 Å². The largest absolute Gasteiger partial charge is 0.383 e. The third kappa shape index (κ3) is 8.85. The zero-order valence-electron chi connectivity index (χ0n) is 15.6. The van der Waals surface area contributed by atoms with Crippen LogP contribution >= 0.6 is 24.0 Å². The lowest BCUT2D eigenvalue weighted by molar-refractivity contribution is 0.144. The molecule has 2 aliphatic rings. The Labute approximate surface area is 165 Å². The monoisotopic (exact) mass is 452 g/mol. The van der Waals surface area contributed by atoms with E-state index in [0.717, 1.165) is 50.7 Å². The normalized spacial score (nSPS) is 18.7. The number of hydrogen-bond acceptors (Lipinski definition) is 3. The summed E-state index contributed by atoms with van der Waals surface area (Å²) in [5, 5.41) is 6.89. The summed E-state index contributed by atoms with van der Waals surface area (Å²) >= 11 is 0. The van der Waals surface area contributed by atoms with Crippen LogP contribution in [-0.2, 0) is 4.74 Å². The molecule has 0 aliphatic heterocycles. The summed E-state index contributed by atoms with van der Waals surface area (Å²) in [6, 6.07) is 0.785. The van der Waals surface area contributed by atoms with Crippen LogP contribution in [0, 0.1) is 5.92 Å². The molecule has 24 heavy (non-hydrogen) atoms. The molecule has 2 aliphatic carbocycles. The topological polar surface area (TPSA) is 48.9 Å². The second-order valence-electron chi connectivity index (χ2n) is 6.98. The zero-order chi connectivity index (χ0) is 16.3. The summed E-state index contributed by atoms with van der Waals surface area (Å²) in [6.07, 6.45) is 11.1. The lowest BCUT2D eigenvalue weighted by Crippen LogP contribution is -2.43. The summed E-state index contributed by atoms with van der Waals surface area (Å²) in [6.45, 7) is 4.91. The van der Waals surface area contributed by atoms with Crippen LogP contribution in [0.1, 0.15) is 51.4 Å². The fourth-order valence-electron chi connectivity index (χ4n) is 3.56. The Balaban J connectivity index is 0.00000288. The van der Waals surface area contributed by atoms with Crippen LogP contribution in [0.3, 0.4) is 0 Å². The van der Waals surface area contributed by atoms with E-state index in [1.807, 2.05) is 7.05 Å². The van der Waals surface area contributed by atoms with E-state index in [0.29, 0.717) is 0 Å². The van der Waals surface area contributed by atoms with E-state index in [-0.39, 0.29) is 24.0 Å². The van der Waals surface area contributed by atoms with E-state index in [1.165, 1.54) is 51.4 Å². The SMILES string of the molecule is CN=C(NCCCC1CCCC1)NCCN(CCOC)C1CC1.I. The molecule has 0 bridgehead atoms. The van der Waals surface area contributed by atoms with Crippen LogP contribution in [0.4, 0.5) is 0 Å². The number of halogens is 1. The summed E-state index contributed by atoms with van der Waals surface area (Å²) in [5.74, 6) is 1.93. The van der Waals surface area contributed by atoms with Crippen LogP contribution in [-0.4, -0.2) is 63.8 Å². The van der Waals surface area contributed by atoms with E-state index < -0.39 is 0 Å². The molecule has 2 rings (SSSR count). The first kappa shape index (κ1) is 22.0. The first-order valence-corrected chi connectivity index (χ1v) is 9.51. The lowest BCUT2D eigenvalue weighted by Gasteiger charge is -2.22. The van der Waals surface area contributed by atoms with Crippen molar-refractivity contribution in [2.75, 3.05) is 46.9 Å². The van der Waals surface area contributed by atoms with E-state index in [2.05, 4.69) is 20.5 Å². The molecule has 0 amide bonds. The lowest BCUT2D eigenvalue weighted by atomic mass is 10.0. The standard InChI is InChI=1S/C18H36N4O.HI/c1-19-18(20-11-5-8-16-6-3-4-7-16)21-12-13-22(14-15-23-2)17-9-10-17;/h16-17H,3-15H2,1-2H3,(H2,19,20,21);1H. The highest BCUT2D eigenvalue weighted by Gasteiger charge is 2.28. The Morgan fingerprint density at radius 1 is 1.08 bits per heavy atom. The van der Waals surface area contributed by atoms with Crippen molar-refractivity contribution < 1.29 is 4.74 Å². The molecule has 0 heterocycles. The van der Waals surface area contributed by atoms with Crippen LogP contribution in [0.15, 0.2) is 4.99 Å². The van der Waals surface area contributed by atoms with Gasteiger partial charge >= 0.3 is 0 Å². The van der Waals surface area contributed by atoms with Crippen molar-refractivity contribution >= 4 is 29.9 Å². The van der Waals surface area contributed by atoms with Gasteiger partial charge in [0.05, 0.1) is 6.61 Å². The number of ether oxygens (including phenoxy) is 1. The molecule has 0 saturated heterocycles. The van der Waals surface area contributed by atoms with Gasteiger partial charge in [-0.1, -0.05) is 25.7 Å². The fourth-order valence-corrected chi connectivity index (χ4v) is 3.56. The number of hydrogen-bond donors (Lipinski definition) is 2. The summed E-state index contributed by atoms with van der Waals surface area (Å²) in [5.41, 5.74) is 0. The summed E-state index contributed by atoms with van der Waals surface area (Å²) < 4.78 is 5.21. The molecular weight excluding hydrogens is 415 g/mol. The predicted octanol–water partition coefficient (Wildman–Crippen LogP) is 2.85. The molecular formula is C18H37IN4O. The van der Waals surface area contributed by atoms with Crippen LogP contribution in [0.2, 0.25) is 0 Å². The van der Waals surface area contributed by atoms with Gasteiger partial charge in [0.15, 0.2) is 5.96 Å². The minimum absolute atomic E-state index is 0. The van der Waals surface area contributed by atoms with Gasteiger partial charge in [-0.2, -0.15) is 0 Å². The summed E-state index contributed by atoms with van der Waals surface area (Å²) in [7, 11) is 3.64. The molecule has 0 aromatic heterocycles. The number of methoxy groups -OCH3 is 1. The van der Waals surface area contributed by atoms with E-state index >= 15 is 0 Å². The van der Waals surface area contributed by atoms with Crippen molar-refractivity contribution in [3.05, 3.63) is 0 Å². The maximum Gasteiger partial charge on any atom is 0.191 e. The number of nitrogens with zero attached hydrogens (tertiary/aromatic N) is 2. The van der Waals surface area contributed by atoms with Crippen molar-refractivity contribution in [1.29, 1.82) is 0 Å². The summed E-state index contributed by atoms with van der Waals surface area (Å²) in [4.78, 5) is 6.86. The molecule has 5 nitrogen and oxygen atoms in total. The second kappa shape index (κ2) is 13.2. The highest BCUT2D eigenvalue weighted by Crippen LogP contribution is 2.28. The number of nitrogens with one attached hydrogen (secondary N) is 2. The van der Waals surface area contributed by atoms with Gasteiger partial charge < -0.3 is 15.4 Å². The Morgan fingerprint density at radius 2 is 1.79 bits per heavy atom. The molecule has 2 N–H and O–H groups in total. The third-order valence-electron chi connectivity index (χ3n) is 5.12. The average Bonchev–Trinajstić information content (AvgIpc) is 3.28. The van der Waals surface area contributed by atoms with E-state index in [4.69, 9.17) is 4.74 Å². The van der Waals surface area contributed by atoms with Gasteiger partial charge in [-0.05, 0) is 31.6 Å². The van der Waals surface area contributed by atoms with Crippen molar-refractivity contribution in [3.8, 4) is 0 Å². The first-order chi connectivity index (χ1) is 11.3. The predicted molar refractivity (Wildman–Crippen MR) is 112 cm³/mol. The van der Waals surface area contributed by atoms with Crippen LogP contribution < -0.4 is 10.6 Å². The Hall–Kier alpha value is -0.0800. The highest BCUT2D eigenvalue weighted by molar-refractivity contribution is 14.0. The van der Waals surface area contributed by atoms with Crippen LogP contribution in [0.25, 0.3) is 0 Å². The van der Waals surface area contributed by atoms with Crippen LogP contribution in [0.5, 0.6) is 0 Å². The quantitative estimate of drug-likeness (QED) is 0.219. The van der Waals surface area contributed by atoms with Gasteiger partial charge in [-0.15, -0.1) is 24.0 Å². The van der Waals surface area contributed by atoms with E-state index in [1.54, 1.807) is 7.11 Å². The molecule has 2 saturated carbocycles. The molecule has 6 heteroatoms. The molecule has 0 unspecified atom stereocenters. The molecule has 142 valence electrons. The Morgan fingerprint density at radius 3 is 2.42 bits per heavy atom. The minimum Gasteiger partial charge on any atom is -0.383 e. The fraction of sp³-hybridized carbons (Fsp3) is 0.944. The molecule has 0 aromatic rings. The highest BCUT2D eigenvalue weighted by atomic mass is 127. The Bertz CT molecular complexity index is 344. The molecule has 0 spiro atoms. The van der Waals surface area contributed by atoms with Crippen molar-refractivity contribution in [2.45, 2.75) is 57.4 Å². The Kier molecular flexibility index (Phi) is 12.0. The smallest absolute Gasteiger partial charge is 0.191 e. The van der Waals surface area contributed by atoms with Crippen molar-refractivity contribution in [1.82, 2.24) is 15.5 Å². The molecule has 0 atom stereocenters. The van der Waals surface area contributed by atoms with Gasteiger partial charge in [0, 0.05) is 46.4 Å². The first-order valence-electron chi connectivity index (χ1n) is 9.51.